The highest BCUT2D eigenvalue weighted by Gasteiger charge is 2.45. The van der Waals surface area contributed by atoms with E-state index in [2.05, 4.69) is 15.1 Å². The first-order valence-corrected chi connectivity index (χ1v) is 8.51. The molecule has 0 radical (unpaired) electrons. The van der Waals surface area contributed by atoms with Gasteiger partial charge in [-0.15, -0.1) is 5.10 Å². The SMILES string of the molecule is Cn1cnc(C(=O)N2CCOC3CCC2C3OCc2cccnc2)n1. The summed E-state index contributed by atoms with van der Waals surface area (Å²) in [5.74, 6) is 0.0607. The van der Waals surface area contributed by atoms with Crippen LogP contribution in [0.25, 0.3) is 0 Å². The summed E-state index contributed by atoms with van der Waals surface area (Å²) in [6, 6.07) is 3.85. The van der Waals surface area contributed by atoms with Crippen LogP contribution in [0.1, 0.15) is 29.0 Å². The zero-order valence-electron chi connectivity index (χ0n) is 14.1. The molecular weight excluding hydrogens is 322 g/mol. The Hall–Kier alpha value is -2.32. The lowest BCUT2D eigenvalue weighted by Gasteiger charge is -2.30. The Labute approximate surface area is 145 Å². The van der Waals surface area contributed by atoms with Crippen LogP contribution in [0.4, 0.5) is 0 Å². The van der Waals surface area contributed by atoms with Crippen molar-refractivity contribution in [1.82, 2.24) is 24.6 Å². The molecule has 2 aromatic heterocycles. The number of aryl methyl sites for hydroxylation is 1. The van der Waals surface area contributed by atoms with E-state index in [0.717, 1.165) is 18.4 Å². The van der Waals surface area contributed by atoms with Crippen molar-refractivity contribution in [2.24, 2.45) is 7.05 Å². The smallest absolute Gasteiger partial charge is 0.293 e. The summed E-state index contributed by atoms with van der Waals surface area (Å²) >= 11 is 0. The van der Waals surface area contributed by atoms with Gasteiger partial charge >= 0.3 is 0 Å². The lowest BCUT2D eigenvalue weighted by atomic mass is 10.1. The number of rotatable bonds is 4. The Kier molecular flexibility index (Phi) is 4.46. The van der Waals surface area contributed by atoms with Gasteiger partial charge in [0.1, 0.15) is 12.4 Å². The van der Waals surface area contributed by atoms with Gasteiger partial charge in [-0.05, 0) is 24.5 Å². The average Bonchev–Trinajstić information content (AvgIpc) is 3.17. The molecule has 132 valence electrons. The second-order valence-corrected chi connectivity index (χ2v) is 6.43. The average molecular weight is 343 g/mol. The molecule has 0 aromatic carbocycles. The molecule has 1 saturated carbocycles. The zero-order valence-corrected chi connectivity index (χ0v) is 14.1. The van der Waals surface area contributed by atoms with Crippen LogP contribution >= 0.6 is 0 Å². The molecule has 0 N–H and O–H groups in total. The van der Waals surface area contributed by atoms with Gasteiger partial charge < -0.3 is 14.4 Å². The second kappa shape index (κ2) is 6.89. The lowest BCUT2D eigenvalue weighted by molar-refractivity contribution is -0.0598. The van der Waals surface area contributed by atoms with Gasteiger partial charge in [-0.25, -0.2) is 4.98 Å². The third kappa shape index (κ3) is 3.27. The molecule has 4 rings (SSSR count). The minimum Gasteiger partial charge on any atom is -0.374 e. The molecule has 2 bridgehead atoms. The number of hydrogen-bond acceptors (Lipinski definition) is 6. The van der Waals surface area contributed by atoms with Crippen molar-refractivity contribution in [3.63, 3.8) is 0 Å². The molecule has 1 aliphatic carbocycles. The highest BCUT2D eigenvalue weighted by molar-refractivity contribution is 5.90. The summed E-state index contributed by atoms with van der Waals surface area (Å²) in [6.07, 6.45) is 6.70. The van der Waals surface area contributed by atoms with Crippen LogP contribution < -0.4 is 0 Å². The summed E-state index contributed by atoms with van der Waals surface area (Å²) in [5.41, 5.74) is 1.01. The van der Waals surface area contributed by atoms with Gasteiger partial charge in [0.05, 0.1) is 25.4 Å². The number of amides is 1. The molecule has 8 nitrogen and oxygen atoms in total. The summed E-state index contributed by atoms with van der Waals surface area (Å²) in [6.45, 7) is 1.50. The van der Waals surface area contributed by atoms with Gasteiger partial charge in [0.2, 0.25) is 5.82 Å². The van der Waals surface area contributed by atoms with Crippen molar-refractivity contribution >= 4 is 5.91 Å². The molecule has 1 aliphatic heterocycles. The highest BCUT2D eigenvalue weighted by atomic mass is 16.5. The van der Waals surface area contributed by atoms with Crippen molar-refractivity contribution in [2.45, 2.75) is 37.7 Å². The molecule has 3 unspecified atom stereocenters. The molecule has 2 fully saturated rings. The minimum absolute atomic E-state index is 0.0134. The number of fused-ring (bicyclic) bond motifs is 2. The van der Waals surface area contributed by atoms with Crippen LogP contribution in [-0.2, 0) is 23.1 Å². The molecule has 3 atom stereocenters. The van der Waals surface area contributed by atoms with Crippen molar-refractivity contribution < 1.29 is 14.3 Å². The van der Waals surface area contributed by atoms with E-state index < -0.39 is 0 Å². The first kappa shape index (κ1) is 16.2. The van der Waals surface area contributed by atoms with E-state index in [1.165, 1.54) is 11.0 Å². The maximum absolute atomic E-state index is 12.8. The van der Waals surface area contributed by atoms with Crippen molar-refractivity contribution in [1.29, 1.82) is 0 Å². The maximum atomic E-state index is 12.8. The van der Waals surface area contributed by atoms with Crippen molar-refractivity contribution in [3.8, 4) is 0 Å². The Morgan fingerprint density at radius 1 is 1.44 bits per heavy atom. The summed E-state index contributed by atoms with van der Waals surface area (Å²) in [7, 11) is 1.75. The van der Waals surface area contributed by atoms with Crippen LogP contribution in [0.15, 0.2) is 30.9 Å². The van der Waals surface area contributed by atoms with Crippen molar-refractivity contribution in [3.05, 3.63) is 42.2 Å². The van der Waals surface area contributed by atoms with E-state index in [4.69, 9.17) is 9.47 Å². The van der Waals surface area contributed by atoms with Gasteiger partial charge in [0.15, 0.2) is 0 Å². The number of carbonyl (C=O) groups is 1. The predicted octanol–water partition coefficient (Wildman–Crippen LogP) is 0.799. The highest BCUT2D eigenvalue weighted by Crippen LogP contribution is 2.33. The van der Waals surface area contributed by atoms with E-state index in [1.807, 2.05) is 17.0 Å². The molecule has 0 spiro atoms. The molecule has 25 heavy (non-hydrogen) atoms. The normalized spacial score (nSPS) is 25.8. The molecule has 2 aliphatic rings. The minimum atomic E-state index is -0.160. The third-order valence-corrected chi connectivity index (χ3v) is 4.77. The Morgan fingerprint density at radius 3 is 3.12 bits per heavy atom. The third-order valence-electron chi connectivity index (χ3n) is 4.77. The van der Waals surface area contributed by atoms with Gasteiger partial charge in [-0.1, -0.05) is 6.07 Å². The van der Waals surface area contributed by atoms with Crippen LogP contribution in [0, 0.1) is 0 Å². The number of ether oxygens (including phenoxy) is 2. The molecule has 1 amide bonds. The molecule has 2 aromatic rings. The topological polar surface area (TPSA) is 82.4 Å². The van der Waals surface area contributed by atoms with Gasteiger partial charge in [0.25, 0.3) is 5.91 Å². The molecule has 8 heteroatoms. The summed E-state index contributed by atoms with van der Waals surface area (Å²) < 4.78 is 13.6. The van der Waals surface area contributed by atoms with E-state index in [0.29, 0.717) is 19.8 Å². The Balaban J connectivity index is 1.50. The van der Waals surface area contributed by atoms with Crippen LogP contribution in [0.5, 0.6) is 0 Å². The Bertz CT molecular complexity index is 735. The monoisotopic (exact) mass is 343 g/mol. The fourth-order valence-electron chi connectivity index (χ4n) is 3.60. The quantitative estimate of drug-likeness (QED) is 0.817. The van der Waals surface area contributed by atoms with E-state index in [-0.39, 0.29) is 30.0 Å². The van der Waals surface area contributed by atoms with Crippen LogP contribution in [-0.4, -0.2) is 62.0 Å². The number of hydrogen-bond donors (Lipinski definition) is 0. The fraction of sp³-hybridized carbons (Fsp3) is 0.529. The van der Waals surface area contributed by atoms with Crippen LogP contribution in [0.2, 0.25) is 0 Å². The Morgan fingerprint density at radius 2 is 2.36 bits per heavy atom. The molecule has 3 heterocycles. The largest absolute Gasteiger partial charge is 0.374 e. The maximum Gasteiger partial charge on any atom is 0.293 e. The van der Waals surface area contributed by atoms with Gasteiger partial charge in [-0.3, -0.25) is 14.5 Å². The van der Waals surface area contributed by atoms with Gasteiger partial charge in [0, 0.05) is 26.0 Å². The van der Waals surface area contributed by atoms with Crippen molar-refractivity contribution in [2.75, 3.05) is 13.2 Å². The fourth-order valence-corrected chi connectivity index (χ4v) is 3.60. The number of pyridine rings is 1. The number of nitrogens with zero attached hydrogens (tertiary/aromatic N) is 5. The number of aromatic nitrogens is 4. The summed E-state index contributed by atoms with van der Waals surface area (Å²) in [4.78, 5) is 22.9. The number of carbonyl (C=O) groups excluding carboxylic acids is 1. The van der Waals surface area contributed by atoms with E-state index in [1.54, 1.807) is 19.4 Å². The first-order chi connectivity index (χ1) is 12.2. The van der Waals surface area contributed by atoms with Gasteiger partial charge in [-0.2, -0.15) is 0 Å². The molecular formula is C17H21N5O3. The first-order valence-electron chi connectivity index (χ1n) is 8.51. The van der Waals surface area contributed by atoms with E-state index >= 15 is 0 Å². The standard InChI is InChI=1S/C17H21N5O3/c1-21-11-19-16(20-21)17(23)22-7-8-24-14-5-4-13(22)15(14)25-10-12-3-2-6-18-9-12/h2-3,6,9,11,13-15H,4-5,7-8,10H2,1H3. The zero-order chi connectivity index (χ0) is 17.2. The summed E-state index contributed by atoms with van der Waals surface area (Å²) in [5, 5.41) is 4.14. The molecule has 1 saturated heterocycles. The second-order valence-electron chi connectivity index (χ2n) is 6.43. The van der Waals surface area contributed by atoms with Crippen LogP contribution in [0.3, 0.4) is 0 Å². The van der Waals surface area contributed by atoms with E-state index in [9.17, 15) is 4.79 Å². The predicted molar refractivity (Wildman–Crippen MR) is 87.6 cm³/mol. The lowest BCUT2D eigenvalue weighted by Crippen LogP contribution is -2.46.